The molecular weight excluding hydrogens is 294 g/mol. The highest BCUT2D eigenvalue weighted by atomic mass is 32.1. The topological polar surface area (TPSA) is 46.2 Å². The van der Waals surface area contributed by atoms with Crippen molar-refractivity contribution in [2.45, 2.75) is 26.8 Å². The molecule has 0 fully saturated rings. The standard InChI is InChI=1S/C17H21N3OS/c1-11-5-7-15(12(2)9-11)13(3)19-17(22)20-14-6-8-16(21-4)18-10-14/h5-10,13H,1-4H3,(H2,19,20,22)/t13-/m1/s1. The van der Waals surface area contributed by atoms with Gasteiger partial charge in [-0.2, -0.15) is 0 Å². The number of hydrogen-bond donors (Lipinski definition) is 2. The van der Waals surface area contributed by atoms with Crippen LogP contribution in [0.4, 0.5) is 5.69 Å². The van der Waals surface area contributed by atoms with E-state index in [4.69, 9.17) is 17.0 Å². The quantitative estimate of drug-likeness (QED) is 0.841. The molecule has 1 aromatic heterocycles. The second-order valence-corrected chi connectivity index (χ2v) is 5.68. The third-order valence-electron chi connectivity index (χ3n) is 3.44. The molecule has 2 rings (SSSR count). The Kier molecular flexibility index (Phi) is 5.33. The molecule has 0 radical (unpaired) electrons. The van der Waals surface area contributed by atoms with E-state index in [9.17, 15) is 0 Å². The Morgan fingerprint density at radius 1 is 1.23 bits per heavy atom. The third-order valence-corrected chi connectivity index (χ3v) is 3.66. The molecule has 4 nitrogen and oxygen atoms in total. The predicted octanol–water partition coefficient (Wildman–Crippen LogP) is 3.75. The highest BCUT2D eigenvalue weighted by Crippen LogP contribution is 2.19. The number of nitrogens with one attached hydrogen (secondary N) is 2. The molecule has 0 aliphatic rings. The van der Waals surface area contributed by atoms with Crippen LogP contribution in [0.3, 0.4) is 0 Å². The zero-order chi connectivity index (χ0) is 16.1. The van der Waals surface area contributed by atoms with Gasteiger partial charge >= 0.3 is 0 Å². The van der Waals surface area contributed by atoms with Crippen molar-refractivity contribution >= 4 is 23.0 Å². The first-order valence-electron chi connectivity index (χ1n) is 7.14. The zero-order valence-electron chi connectivity index (χ0n) is 13.3. The minimum atomic E-state index is 0.131. The number of aromatic nitrogens is 1. The van der Waals surface area contributed by atoms with E-state index in [0.29, 0.717) is 11.0 Å². The maximum absolute atomic E-state index is 5.36. The minimum absolute atomic E-state index is 0.131. The van der Waals surface area contributed by atoms with Crippen LogP contribution < -0.4 is 15.4 Å². The Morgan fingerprint density at radius 3 is 2.59 bits per heavy atom. The normalized spacial score (nSPS) is 11.6. The van der Waals surface area contributed by atoms with Gasteiger partial charge in [0.1, 0.15) is 0 Å². The van der Waals surface area contributed by atoms with Gasteiger partial charge in [0.05, 0.1) is 25.0 Å². The number of ether oxygens (including phenoxy) is 1. The summed E-state index contributed by atoms with van der Waals surface area (Å²) < 4.78 is 5.03. The number of anilines is 1. The summed E-state index contributed by atoms with van der Waals surface area (Å²) in [6.45, 7) is 6.31. The molecule has 0 saturated heterocycles. The molecule has 0 amide bonds. The van der Waals surface area contributed by atoms with Gasteiger partial charge in [0.15, 0.2) is 5.11 Å². The van der Waals surface area contributed by atoms with Crippen molar-refractivity contribution in [3.8, 4) is 5.88 Å². The van der Waals surface area contributed by atoms with E-state index in [0.717, 1.165) is 5.69 Å². The van der Waals surface area contributed by atoms with Crippen LogP contribution >= 0.6 is 12.2 Å². The van der Waals surface area contributed by atoms with Gasteiger partial charge in [0.2, 0.25) is 5.88 Å². The minimum Gasteiger partial charge on any atom is -0.481 e. The van der Waals surface area contributed by atoms with E-state index in [1.807, 2.05) is 6.07 Å². The van der Waals surface area contributed by atoms with Crippen LogP contribution in [0, 0.1) is 13.8 Å². The van der Waals surface area contributed by atoms with Gasteiger partial charge in [-0.15, -0.1) is 0 Å². The molecule has 22 heavy (non-hydrogen) atoms. The number of aryl methyl sites for hydroxylation is 2. The van der Waals surface area contributed by atoms with Gasteiger partial charge in [-0.25, -0.2) is 4.98 Å². The number of benzene rings is 1. The first-order valence-corrected chi connectivity index (χ1v) is 7.55. The van der Waals surface area contributed by atoms with Crippen molar-refractivity contribution in [3.63, 3.8) is 0 Å². The largest absolute Gasteiger partial charge is 0.481 e. The van der Waals surface area contributed by atoms with Crippen molar-refractivity contribution in [2.75, 3.05) is 12.4 Å². The monoisotopic (exact) mass is 315 g/mol. The molecule has 0 saturated carbocycles. The fraction of sp³-hybridized carbons (Fsp3) is 0.294. The number of nitrogens with zero attached hydrogens (tertiary/aromatic N) is 1. The van der Waals surface area contributed by atoms with E-state index in [-0.39, 0.29) is 6.04 Å². The number of rotatable bonds is 4. The van der Waals surface area contributed by atoms with Crippen LogP contribution in [0.15, 0.2) is 36.5 Å². The summed E-state index contributed by atoms with van der Waals surface area (Å²) in [5.41, 5.74) is 4.58. The first-order chi connectivity index (χ1) is 10.5. The fourth-order valence-electron chi connectivity index (χ4n) is 2.33. The lowest BCUT2D eigenvalue weighted by Crippen LogP contribution is -2.31. The van der Waals surface area contributed by atoms with Crippen molar-refractivity contribution in [3.05, 3.63) is 53.2 Å². The van der Waals surface area contributed by atoms with Gasteiger partial charge in [0, 0.05) is 6.07 Å². The highest BCUT2D eigenvalue weighted by molar-refractivity contribution is 7.80. The predicted molar refractivity (Wildman–Crippen MR) is 94.5 cm³/mol. The molecule has 2 aromatic rings. The van der Waals surface area contributed by atoms with Crippen LogP contribution in [0.5, 0.6) is 5.88 Å². The van der Waals surface area contributed by atoms with Crippen LogP contribution in [-0.2, 0) is 0 Å². The summed E-state index contributed by atoms with van der Waals surface area (Å²) in [7, 11) is 1.59. The molecule has 1 aromatic carbocycles. The smallest absolute Gasteiger partial charge is 0.213 e. The fourth-order valence-corrected chi connectivity index (χ4v) is 2.62. The summed E-state index contributed by atoms with van der Waals surface area (Å²) >= 11 is 5.36. The van der Waals surface area contributed by atoms with Crippen LogP contribution in [0.2, 0.25) is 0 Å². The lowest BCUT2D eigenvalue weighted by atomic mass is 10.0. The van der Waals surface area contributed by atoms with Crippen molar-refractivity contribution in [1.82, 2.24) is 10.3 Å². The Morgan fingerprint density at radius 2 is 2.00 bits per heavy atom. The summed E-state index contributed by atoms with van der Waals surface area (Å²) in [5, 5.41) is 6.99. The van der Waals surface area contributed by atoms with Crippen molar-refractivity contribution in [2.24, 2.45) is 0 Å². The van der Waals surface area contributed by atoms with Gasteiger partial charge in [-0.05, 0) is 50.2 Å². The van der Waals surface area contributed by atoms with Gasteiger partial charge in [0.25, 0.3) is 0 Å². The molecule has 2 N–H and O–H groups in total. The first kappa shape index (κ1) is 16.2. The average Bonchev–Trinajstić information content (AvgIpc) is 2.47. The van der Waals surface area contributed by atoms with Crippen molar-refractivity contribution < 1.29 is 4.74 Å². The van der Waals surface area contributed by atoms with Gasteiger partial charge in [-0.3, -0.25) is 0 Å². The molecule has 116 valence electrons. The van der Waals surface area contributed by atoms with Crippen LogP contribution in [0.25, 0.3) is 0 Å². The van der Waals surface area contributed by atoms with E-state index >= 15 is 0 Å². The molecule has 1 heterocycles. The van der Waals surface area contributed by atoms with E-state index in [1.165, 1.54) is 16.7 Å². The van der Waals surface area contributed by atoms with Gasteiger partial charge < -0.3 is 15.4 Å². The zero-order valence-corrected chi connectivity index (χ0v) is 14.1. The van der Waals surface area contributed by atoms with Crippen LogP contribution in [0.1, 0.15) is 29.7 Å². The Labute approximate surface area is 136 Å². The van der Waals surface area contributed by atoms with E-state index in [1.54, 1.807) is 19.4 Å². The number of pyridine rings is 1. The van der Waals surface area contributed by atoms with E-state index in [2.05, 4.69) is 54.6 Å². The highest BCUT2D eigenvalue weighted by Gasteiger charge is 2.10. The molecule has 5 heteroatoms. The molecule has 0 spiro atoms. The maximum Gasteiger partial charge on any atom is 0.213 e. The Bertz CT molecular complexity index is 655. The lowest BCUT2D eigenvalue weighted by molar-refractivity contribution is 0.398. The number of methoxy groups -OCH3 is 1. The summed E-state index contributed by atoms with van der Waals surface area (Å²) in [5.74, 6) is 0.577. The van der Waals surface area contributed by atoms with Gasteiger partial charge in [-0.1, -0.05) is 23.8 Å². The second kappa shape index (κ2) is 7.22. The molecular formula is C17H21N3OS. The molecule has 0 aliphatic heterocycles. The molecule has 0 unspecified atom stereocenters. The Balaban J connectivity index is 1.98. The lowest BCUT2D eigenvalue weighted by Gasteiger charge is -2.19. The summed E-state index contributed by atoms with van der Waals surface area (Å²) in [6, 6.07) is 10.2. The summed E-state index contributed by atoms with van der Waals surface area (Å²) in [4.78, 5) is 4.14. The third kappa shape index (κ3) is 4.18. The van der Waals surface area contributed by atoms with E-state index < -0.39 is 0 Å². The molecule has 1 atom stereocenters. The Hall–Kier alpha value is -2.14. The van der Waals surface area contributed by atoms with Crippen LogP contribution in [-0.4, -0.2) is 17.2 Å². The maximum atomic E-state index is 5.36. The molecule has 0 aliphatic carbocycles. The average molecular weight is 315 g/mol. The second-order valence-electron chi connectivity index (χ2n) is 5.27. The number of thiocarbonyl (C=S) groups is 1. The summed E-state index contributed by atoms with van der Waals surface area (Å²) in [6.07, 6.45) is 1.69. The molecule has 0 bridgehead atoms. The number of hydrogen-bond acceptors (Lipinski definition) is 3. The van der Waals surface area contributed by atoms with Crippen molar-refractivity contribution in [1.29, 1.82) is 0 Å². The SMILES string of the molecule is COc1ccc(NC(=S)N[C@H](C)c2ccc(C)cc2C)cn1.